The van der Waals surface area contributed by atoms with E-state index >= 15 is 0 Å². The van der Waals surface area contributed by atoms with Crippen LogP contribution >= 0.6 is 0 Å². The molecular formula is C25H26FN5O. The maximum atomic E-state index is 13.9. The molecule has 1 atom stereocenters. The SMILES string of the molecule is CNC(=O)c1cc2nc([C@@H](C)C3CCC(c4ccnc5ccc(F)cc45)CC3)[nH]c2cn1. The van der Waals surface area contributed by atoms with Crippen molar-refractivity contribution in [2.45, 2.75) is 44.4 Å². The molecule has 2 N–H and O–H groups in total. The first-order chi connectivity index (χ1) is 15.5. The Morgan fingerprint density at radius 2 is 1.94 bits per heavy atom. The third-order valence-corrected chi connectivity index (χ3v) is 6.93. The maximum Gasteiger partial charge on any atom is 0.269 e. The molecule has 0 bridgehead atoms. The molecule has 1 fully saturated rings. The number of nitrogens with zero attached hydrogens (tertiary/aromatic N) is 3. The van der Waals surface area contributed by atoms with Crippen LogP contribution in [0.1, 0.15) is 66.3 Å². The molecule has 3 aromatic heterocycles. The Balaban J connectivity index is 1.32. The molecule has 6 nitrogen and oxygen atoms in total. The fourth-order valence-electron chi connectivity index (χ4n) is 5.05. The molecule has 5 rings (SSSR count). The summed E-state index contributed by atoms with van der Waals surface area (Å²) in [7, 11) is 1.59. The van der Waals surface area contributed by atoms with E-state index in [0.29, 0.717) is 17.5 Å². The molecule has 0 aliphatic heterocycles. The highest BCUT2D eigenvalue weighted by atomic mass is 19.1. The summed E-state index contributed by atoms with van der Waals surface area (Å²) in [6.45, 7) is 2.22. The average molecular weight is 432 g/mol. The van der Waals surface area contributed by atoms with Crippen molar-refractivity contribution in [3.8, 4) is 0 Å². The van der Waals surface area contributed by atoms with Gasteiger partial charge in [-0.2, -0.15) is 0 Å². The van der Waals surface area contributed by atoms with E-state index in [2.05, 4.69) is 27.2 Å². The van der Waals surface area contributed by atoms with Gasteiger partial charge in [0, 0.05) is 24.5 Å². The number of fused-ring (bicyclic) bond motifs is 2. The Hall–Kier alpha value is -3.35. The van der Waals surface area contributed by atoms with Gasteiger partial charge in [-0.15, -0.1) is 0 Å². The van der Waals surface area contributed by atoms with Crippen molar-refractivity contribution in [2.24, 2.45) is 5.92 Å². The molecule has 7 heteroatoms. The molecule has 164 valence electrons. The number of hydrogen-bond donors (Lipinski definition) is 2. The molecule has 1 aromatic carbocycles. The van der Waals surface area contributed by atoms with E-state index in [0.717, 1.165) is 53.4 Å². The van der Waals surface area contributed by atoms with Crippen molar-refractivity contribution >= 4 is 27.8 Å². The number of imidazole rings is 1. The van der Waals surface area contributed by atoms with Crippen LogP contribution < -0.4 is 5.32 Å². The topological polar surface area (TPSA) is 83.6 Å². The summed E-state index contributed by atoms with van der Waals surface area (Å²) in [5.74, 6) is 1.72. The predicted octanol–water partition coefficient (Wildman–Crippen LogP) is 5.08. The molecule has 3 heterocycles. The Morgan fingerprint density at radius 3 is 2.72 bits per heavy atom. The third-order valence-electron chi connectivity index (χ3n) is 6.93. The van der Waals surface area contributed by atoms with Gasteiger partial charge in [-0.1, -0.05) is 6.92 Å². The summed E-state index contributed by atoms with van der Waals surface area (Å²) in [4.78, 5) is 28.6. The number of aromatic amines is 1. The van der Waals surface area contributed by atoms with Crippen LogP contribution in [0.3, 0.4) is 0 Å². The number of H-pyrrole nitrogens is 1. The second-order valence-electron chi connectivity index (χ2n) is 8.75. The zero-order chi connectivity index (χ0) is 22.2. The van der Waals surface area contributed by atoms with Crippen molar-refractivity contribution in [2.75, 3.05) is 7.05 Å². The second-order valence-corrected chi connectivity index (χ2v) is 8.75. The lowest BCUT2D eigenvalue weighted by atomic mass is 9.73. The molecule has 0 unspecified atom stereocenters. The number of benzene rings is 1. The van der Waals surface area contributed by atoms with Crippen LogP contribution in [0.5, 0.6) is 0 Å². The fraction of sp³-hybridized carbons (Fsp3) is 0.360. The third kappa shape index (κ3) is 3.72. The van der Waals surface area contributed by atoms with Crippen LogP contribution in [0.4, 0.5) is 4.39 Å². The van der Waals surface area contributed by atoms with Crippen LogP contribution in [-0.2, 0) is 0 Å². The largest absolute Gasteiger partial charge is 0.354 e. The molecule has 1 aliphatic carbocycles. The van der Waals surface area contributed by atoms with Gasteiger partial charge in [-0.05, 0) is 73.4 Å². The normalized spacial score (nSPS) is 19.8. The number of aromatic nitrogens is 4. The monoisotopic (exact) mass is 431 g/mol. The number of rotatable bonds is 4. The summed E-state index contributed by atoms with van der Waals surface area (Å²) >= 11 is 0. The van der Waals surface area contributed by atoms with Gasteiger partial charge in [0.1, 0.15) is 17.3 Å². The lowest BCUT2D eigenvalue weighted by molar-refractivity contribution is 0.0958. The highest BCUT2D eigenvalue weighted by Gasteiger charge is 2.29. The first-order valence-electron chi connectivity index (χ1n) is 11.2. The summed E-state index contributed by atoms with van der Waals surface area (Å²) in [6, 6.07) is 8.62. The molecule has 1 saturated carbocycles. The van der Waals surface area contributed by atoms with Crippen molar-refractivity contribution in [3.63, 3.8) is 0 Å². The van der Waals surface area contributed by atoms with Crippen LogP contribution in [0.2, 0.25) is 0 Å². The fourth-order valence-corrected chi connectivity index (χ4v) is 5.05. The second kappa shape index (κ2) is 8.30. The molecule has 1 amide bonds. The Morgan fingerprint density at radius 1 is 1.12 bits per heavy atom. The van der Waals surface area contributed by atoms with Crippen molar-refractivity contribution in [3.05, 3.63) is 65.6 Å². The first kappa shape index (κ1) is 20.5. The van der Waals surface area contributed by atoms with Crippen molar-refractivity contribution in [1.29, 1.82) is 0 Å². The van der Waals surface area contributed by atoms with Gasteiger partial charge < -0.3 is 10.3 Å². The van der Waals surface area contributed by atoms with Gasteiger partial charge in [0.25, 0.3) is 5.91 Å². The number of hydrogen-bond acceptors (Lipinski definition) is 4. The molecule has 32 heavy (non-hydrogen) atoms. The van der Waals surface area contributed by atoms with E-state index in [-0.39, 0.29) is 17.6 Å². The molecule has 1 aliphatic rings. The highest BCUT2D eigenvalue weighted by molar-refractivity contribution is 5.94. The number of carbonyl (C=O) groups excluding carboxylic acids is 1. The standard InChI is InChI=1S/C25H26FN5O/c1-14(24-30-21-12-22(25(32)27-2)29-13-23(21)31-24)15-3-5-16(6-4-15)18-9-10-28-20-8-7-17(26)11-19(18)20/h7-16H,3-6H2,1-2H3,(H,27,32)(H,30,31)/t14-,15?,16?/m0/s1. The van der Waals surface area contributed by atoms with E-state index < -0.39 is 0 Å². The summed E-state index contributed by atoms with van der Waals surface area (Å²) in [6.07, 6.45) is 7.81. The van der Waals surface area contributed by atoms with Gasteiger partial charge in [-0.25, -0.2) is 14.4 Å². The average Bonchev–Trinajstić information content (AvgIpc) is 3.26. The molecule has 0 radical (unpaired) electrons. The molecule has 4 aromatic rings. The van der Waals surface area contributed by atoms with Crippen LogP contribution in [0.15, 0.2) is 42.7 Å². The minimum absolute atomic E-state index is 0.215. The smallest absolute Gasteiger partial charge is 0.269 e. The summed E-state index contributed by atoms with van der Waals surface area (Å²) in [5, 5.41) is 3.53. The number of pyridine rings is 2. The molecular weight excluding hydrogens is 405 g/mol. The number of halogens is 1. The first-order valence-corrected chi connectivity index (χ1v) is 11.2. The molecule has 0 saturated heterocycles. The maximum absolute atomic E-state index is 13.9. The Kier molecular flexibility index (Phi) is 5.33. The summed E-state index contributed by atoms with van der Waals surface area (Å²) < 4.78 is 13.9. The van der Waals surface area contributed by atoms with Crippen LogP contribution in [-0.4, -0.2) is 32.9 Å². The number of carbonyl (C=O) groups is 1. The van der Waals surface area contributed by atoms with E-state index in [4.69, 9.17) is 4.98 Å². The van der Waals surface area contributed by atoms with Crippen LogP contribution in [0.25, 0.3) is 21.9 Å². The van der Waals surface area contributed by atoms with Gasteiger partial charge in [0.15, 0.2) is 0 Å². The van der Waals surface area contributed by atoms with E-state index in [1.807, 2.05) is 12.3 Å². The minimum Gasteiger partial charge on any atom is -0.354 e. The number of amides is 1. The lowest BCUT2D eigenvalue weighted by Gasteiger charge is -2.32. The zero-order valence-corrected chi connectivity index (χ0v) is 18.2. The number of nitrogens with one attached hydrogen (secondary N) is 2. The minimum atomic E-state index is -0.216. The van der Waals surface area contributed by atoms with Gasteiger partial charge >= 0.3 is 0 Å². The van der Waals surface area contributed by atoms with Crippen molar-refractivity contribution < 1.29 is 9.18 Å². The molecule has 0 spiro atoms. The van der Waals surface area contributed by atoms with Gasteiger partial charge in [-0.3, -0.25) is 9.78 Å². The highest BCUT2D eigenvalue weighted by Crippen LogP contribution is 2.42. The van der Waals surface area contributed by atoms with E-state index in [9.17, 15) is 9.18 Å². The van der Waals surface area contributed by atoms with Crippen LogP contribution in [0, 0.1) is 11.7 Å². The quantitative estimate of drug-likeness (QED) is 0.472. The predicted molar refractivity (Wildman–Crippen MR) is 122 cm³/mol. The van der Waals surface area contributed by atoms with E-state index in [1.165, 1.54) is 11.6 Å². The van der Waals surface area contributed by atoms with E-state index in [1.54, 1.807) is 31.4 Å². The van der Waals surface area contributed by atoms with Gasteiger partial charge in [0.05, 0.1) is 22.7 Å². The summed E-state index contributed by atoms with van der Waals surface area (Å²) in [5.41, 5.74) is 4.04. The lowest BCUT2D eigenvalue weighted by Crippen LogP contribution is -2.19. The zero-order valence-electron chi connectivity index (χ0n) is 18.2. The van der Waals surface area contributed by atoms with Crippen molar-refractivity contribution in [1.82, 2.24) is 25.3 Å². The Labute approximate surface area is 185 Å². The Bertz CT molecular complexity index is 1290. The van der Waals surface area contributed by atoms with Gasteiger partial charge in [0.2, 0.25) is 0 Å².